The third-order valence-electron chi connectivity index (χ3n) is 3.78. The molecule has 3 rings (SSSR count). The molecule has 0 radical (unpaired) electrons. The first-order valence-electron chi connectivity index (χ1n) is 7.94. The number of Topliss-reactive ketones (excluding diaryl/α,β-unsaturated/α-hetero) is 1. The van der Waals surface area contributed by atoms with Gasteiger partial charge in [0.15, 0.2) is 5.76 Å². The molecule has 2 heterocycles. The number of furan rings is 1. The lowest BCUT2D eigenvalue weighted by Gasteiger charge is -2.18. The van der Waals surface area contributed by atoms with Crippen molar-refractivity contribution in [2.24, 2.45) is 0 Å². The number of carbonyl (C=O) groups excluding carboxylic acids is 1. The van der Waals surface area contributed by atoms with Crippen LogP contribution in [0.15, 0.2) is 51.9 Å². The number of aromatic amines is 1. The largest absolute Gasteiger partial charge is 0.461 e. The number of nitrogens with one attached hydrogen (secondary N) is 1. The van der Waals surface area contributed by atoms with Crippen LogP contribution in [-0.2, 0) is 5.41 Å². The Morgan fingerprint density at radius 1 is 1.16 bits per heavy atom. The van der Waals surface area contributed by atoms with Gasteiger partial charge in [0.05, 0.1) is 15.5 Å². The van der Waals surface area contributed by atoms with Crippen LogP contribution in [0.4, 0.5) is 0 Å². The van der Waals surface area contributed by atoms with Crippen molar-refractivity contribution in [2.75, 3.05) is 0 Å². The summed E-state index contributed by atoms with van der Waals surface area (Å²) in [7, 11) is 0. The van der Waals surface area contributed by atoms with Gasteiger partial charge in [0.2, 0.25) is 5.78 Å². The van der Waals surface area contributed by atoms with Crippen LogP contribution in [0, 0.1) is 0 Å². The molecule has 1 aromatic carbocycles. The van der Waals surface area contributed by atoms with Gasteiger partial charge < -0.3 is 9.40 Å². The second kappa shape index (κ2) is 6.69. The smallest absolute Gasteiger partial charge is 0.266 e. The number of carbonyl (C=O) groups is 1. The highest BCUT2D eigenvalue weighted by molar-refractivity contribution is 7.07. The van der Waals surface area contributed by atoms with E-state index in [0.717, 1.165) is 5.56 Å². The molecule has 0 saturated carbocycles. The number of H-pyrrole nitrogens is 1. The lowest BCUT2D eigenvalue weighted by Crippen LogP contribution is -2.20. The molecule has 0 atom stereocenters. The van der Waals surface area contributed by atoms with Gasteiger partial charge in [-0.15, -0.1) is 11.3 Å². The molecule has 0 bridgehead atoms. The Labute approximate surface area is 149 Å². The van der Waals surface area contributed by atoms with E-state index in [9.17, 15) is 9.59 Å². The van der Waals surface area contributed by atoms with Crippen molar-refractivity contribution >= 4 is 29.3 Å². The normalized spacial score (nSPS) is 13.4. The summed E-state index contributed by atoms with van der Waals surface area (Å²) < 4.78 is 6.12. The van der Waals surface area contributed by atoms with E-state index in [2.05, 4.69) is 37.9 Å². The summed E-state index contributed by atoms with van der Waals surface area (Å²) >= 11 is 1.25. The quantitative estimate of drug-likeness (QED) is 0.737. The number of hydrogen-bond acceptors (Lipinski definition) is 4. The highest BCUT2D eigenvalue weighted by Gasteiger charge is 2.12. The molecule has 0 fully saturated rings. The van der Waals surface area contributed by atoms with Crippen LogP contribution in [0.3, 0.4) is 0 Å². The summed E-state index contributed by atoms with van der Waals surface area (Å²) in [5.74, 6) is -0.0267. The van der Waals surface area contributed by atoms with Crippen LogP contribution in [0.25, 0.3) is 12.2 Å². The number of rotatable bonds is 3. The Balaban J connectivity index is 1.94. The first kappa shape index (κ1) is 17.2. The van der Waals surface area contributed by atoms with Crippen LogP contribution in [0.2, 0.25) is 0 Å². The van der Waals surface area contributed by atoms with Crippen molar-refractivity contribution in [1.29, 1.82) is 0 Å². The van der Waals surface area contributed by atoms with Crippen molar-refractivity contribution in [3.05, 3.63) is 79.1 Å². The van der Waals surface area contributed by atoms with Gasteiger partial charge in [-0.1, -0.05) is 45.0 Å². The van der Waals surface area contributed by atoms with Crippen LogP contribution < -0.4 is 14.8 Å². The summed E-state index contributed by atoms with van der Waals surface area (Å²) in [4.78, 5) is 26.8. The minimum Gasteiger partial charge on any atom is -0.461 e. The molecule has 128 valence electrons. The topological polar surface area (TPSA) is 63.1 Å². The van der Waals surface area contributed by atoms with Gasteiger partial charge in [-0.2, -0.15) is 0 Å². The molecular formula is C20H19NO3S. The molecule has 0 aliphatic carbocycles. The van der Waals surface area contributed by atoms with Crippen LogP contribution in [0.5, 0.6) is 0 Å². The maximum absolute atomic E-state index is 12.1. The summed E-state index contributed by atoms with van der Waals surface area (Å²) in [6, 6.07) is 11.4. The number of thiazole rings is 1. The predicted octanol–water partition coefficient (Wildman–Crippen LogP) is 2.82. The summed E-state index contributed by atoms with van der Waals surface area (Å²) in [6.07, 6.45) is 4.65. The predicted molar refractivity (Wildman–Crippen MR) is 100 cm³/mol. The maximum Gasteiger partial charge on any atom is 0.266 e. The zero-order chi connectivity index (χ0) is 18.0. The summed E-state index contributed by atoms with van der Waals surface area (Å²) in [6.45, 7) is 6.48. The first-order chi connectivity index (χ1) is 11.8. The first-order valence-corrected chi connectivity index (χ1v) is 8.75. The Morgan fingerprint density at radius 3 is 2.48 bits per heavy atom. The van der Waals surface area contributed by atoms with E-state index >= 15 is 0 Å². The van der Waals surface area contributed by atoms with Crippen LogP contribution in [-0.4, -0.2) is 10.8 Å². The van der Waals surface area contributed by atoms with Crippen molar-refractivity contribution < 1.29 is 9.21 Å². The zero-order valence-electron chi connectivity index (χ0n) is 14.3. The Morgan fingerprint density at radius 2 is 1.88 bits per heavy atom. The Hall–Kier alpha value is -2.66. The standard InChI is InChI=1S/C20H19NO3S/c1-20(2,3)14-8-6-13(7-9-14)11-17-19(23)21-18(25-17)12-15(22)16-5-4-10-24-16/h4-12H,1-3H3,(H,21,23)/b17-11-,18-12-. The molecule has 0 saturated heterocycles. The fourth-order valence-electron chi connectivity index (χ4n) is 2.36. The number of hydrogen-bond donors (Lipinski definition) is 1. The fourth-order valence-corrected chi connectivity index (χ4v) is 3.25. The summed E-state index contributed by atoms with van der Waals surface area (Å²) in [5, 5.41) is 0. The molecular weight excluding hydrogens is 334 g/mol. The van der Waals surface area contributed by atoms with E-state index < -0.39 is 0 Å². The second-order valence-electron chi connectivity index (χ2n) is 6.79. The lowest BCUT2D eigenvalue weighted by atomic mass is 9.87. The summed E-state index contributed by atoms with van der Waals surface area (Å²) in [5.41, 5.74) is 2.07. The van der Waals surface area contributed by atoms with E-state index in [0.29, 0.717) is 9.20 Å². The zero-order valence-corrected chi connectivity index (χ0v) is 15.1. The molecule has 0 aliphatic heterocycles. The molecule has 4 nitrogen and oxygen atoms in total. The maximum atomic E-state index is 12.1. The van der Waals surface area contributed by atoms with Crippen molar-refractivity contribution in [3.63, 3.8) is 0 Å². The number of benzene rings is 1. The molecule has 0 unspecified atom stereocenters. The minimum absolute atomic E-state index is 0.0906. The van der Waals surface area contributed by atoms with Gasteiger partial charge in [-0.3, -0.25) is 9.59 Å². The molecule has 3 aromatic rings. The van der Waals surface area contributed by atoms with Crippen LogP contribution in [0.1, 0.15) is 42.5 Å². The van der Waals surface area contributed by atoms with Crippen molar-refractivity contribution in [3.8, 4) is 0 Å². The average Bonchev–Trinajstić information content (AvgIpc) is 3.18. The van der Waals surface area contributed by atoms with E-state index in [4.69, 9.17) is 4.42 Å². The molecule has 25 heavy (non-hydrogen) atoms. The monoisotopic (exact) mass is 353 g/mol. The highest BCUT2D eigenvalue weighted by Crippen LogP contribution is 2.22. The Kier molecular flexibility index (Phi) is 4.59. The van der Waals surface area contributed by atoms with Gasteiger partial charge in [0.25, 0.3) is 5.56 Å². The molecule has 2 aromatic heterocycles. The molecule has 0 amide bonds. The van der Waals surface area contributed by atoms with Crippen molar-refractivity contribution in [1.82, 2.24) is 4.98 Å². The van der Waals surface area contributed by atoms with Gasteiger partial charge >= 0.3 is 0 Å². The lowest BCUT2D eigenvalue weighted by molar-refractivity contribution is 0.103. The van der Waals surface area contributed by atoms with E-state index in [1.54, 1.807) is 12.1 Å². The SMILES string of the molecule is CC(C)(C)c1ccc(/C=c2\s/c(=C\C(=O)c3ccco3)[nH]c2=O)cc1. The van der Waals surface area contributed by atoms with Gasteiger partial charge in [0.1, 0.15) is 0 Å². The van der Waals surface area contributed by atoms with Gasteiger partial charge in [-0.25, -0.2) is 0 Å². The Bertz CT molecular complexity index is 1050. The molecule has 1 N–H and O–H groups in total. The second-order valence-corrected chi connectivity index (χ2v) is 7.87. The van der Waals surface area contributed by atoms with E-state index in [1.807, 2.05) is 18.2 Å². The third kappa shape index (κ3) is 4.06. The molecule has 0 spiro atoms. The molecule has 5 heteroatoms. The van der Waals surface area contributed by atoms with Gasteiger partial charge in [0, 0.05) is 6.08 Å². The third-order valence-corrected chi connectivity index (χ3v) is 4.74. The highest BCUT2D eigenvalue weighted by atomic mass is 32.1. The van der Waals surface area contributed by atoms with E-state index in [-0.39, 0.29) is 22.5 Å². The molecule has 0 aliphatic rings. The average molecular weight is 353 g/mol. The van der Waals surface area contributed by atoms with Crippen molar-refractivity contribution in [2.45, 2.75) is 26.2 Å². The number of ketones is 1. The van der Waals surface area contributed by atoms with E-state index in [1.165, 1.54) is 29.2 Å². The van der Waals surface area contributed by atoms with Gasteiger partial charge in [-0.05, 0) is 34.8 Å². The fraction of sp³-hybridized carbons (Fsp3) is 0.200. The minimum atomic E-state index is -0.274. The van der Waals surface area contributed by atoms with Crippen LogP contribution >= 0.6 is 11.3 Å². The number of aromatic nitrogens is 1.